The van der Waals surface area contributed by atoms with Crippen LogP contribution in [-0.2, 0) is 0 Å². The largest absolute Gasteiger partial charge is 0.315 e. The molecule has 2 rings (SSSR count). The van der Waals surface area contributed by atoms with E-state index in [9.17, 15) is 0 Å². The van der Waals surface area contributed by atoms with Gasteiger partial charge in [0.1, 0.15) is 0 Å². The molecule has 0 saturated carbocycles. The summed E-state index contributed by atoms with van der Waals surface area (Å²) in [5, 5.41) is 5.69. The molecule has 0 amide bonds. The number of piperidine rings is 1. The standard InChI is InChI=1S/C13H22N2S/c1-3-12(13-7-5-9-16-13)15(2)11-6-4-8-14-10-11/h5,7,9,11-12,14H,3-4,6,8,10H2,1-2H3. The molecule has 2 atom stereocenters. The zero-order valence-corrected chi connectivity index (χ0v) is 11.1. The van der Waals surface area contributed by atoms with E-state index in [1.165, 1.54) is 30.7 Å². The lowest BCUT2D eigenvalue weighted by Gasteiger charge is -2.36. The van der Waals surface area contributed by atoms with Crippen LogP contribution in [0, 0.1) is 0 Å². The number of thiophene rings is 1. The molecule has 0 spiro atoms. The van der Waals surface area contributed by atoms with Crippen LogP contribution in [0.5, 0.6) is 0 Å². The Morgan fingerprint density at radius 1 is 1.62 bits per heavy atom. The first kappa shape index (κ1) is 12.1. The van der Waals surface area contributed by atoms with Crippen LogP contribution in [-0.4, -0.2) is 31.1 Å². The third kappa shape index (κ3) is 2.65. The second-order valence-corrected chi connectivity index (χ2v) is 5.58. The quantitative estimate of drug-likeness (QED) is 0.867. The predicted octanol–water partition coefficient (Wildman–Crippen LogP) is 2.88. The van der Waals surface area contributed by atoms with Crippen molar-refractivity contribution in [1.82, 2.24) is 10.2 Å². The van der Waals surface area contributed by atoms with Gasteiger partial charge in [-0.1, -0.05) is 13.0 Å². The smallest absolute Gasteiger partial charge is 0.0439 e. The number of nitrogens with one attached hydrogen (secondary N) is 1. The SMILES string of the molecule is CCC(c1cccs1)N(C)C1CCCNC1. The molecule has 90 valence electrons. The van der Waals surface area contributed by atoms with Crippen LogP contribution >= 0.6 is 11.3 Å². The molecule has 0 radical (unpaired) electrons. The highest BCUT2D eigenvalue weighted by molar-refractivity contribution is 7.10. The number of hydrogen-bond acceptors (Lipinski definition) is 3. The number of likely N-dealkylation sites (N-methyl/N-ethyl adjacent to an activating group) is 1. The van der Waals surface area contributed by atoms with E-state index in [2.05, 4.69) is 41.7 Å². The van der Waals surface area contributed by atoms with Crippen LogP contribution in [0.2, 0.25) is 0 Å². The van der Waals surface area contributed by atoms with Gasteiger partial charge >= 0.3 is 0 Å². The van der Waals surface area contributed by atoms with Crippen molar-refractivity contribution < 1.29 is 0 Å². The Kier molecular flexibility index (Phi) is 4.38. The van der Waals surface area contributed by atoms with E-state index in [-0.39, 0.29) is 0 Å². The molecule has 1 aliphatic rings. The summed E-state index contributed by atoms with van der Waals surface area (Å²) >= 11 is 1.89. The molecular formula is C13H22N2S. The van der Waals surface area contributed by atoms with Gasteiger partial charge in [-0.05, 0) is 44.3 Å². The first-order valence-corrected chi connectivity index (χ1v) is 7.17. The molecule has 2 heterocycles. The first-order valence-electron chi connectivity index (χ1n) is 6.29. The van der Waals surface area contributed by atoms with Crippen LogP contribution in [0.25, 0.3) is 0 Å². The second kappa shape index (κ2) is 5.80. The second-order valence-electron chi connectivity index (χ2n) is 4.61. The van der Waals surface area contributed by atoms with E-state index < -0.39 is 0 Å². The van der Waals surface area contributed by atoms with E-state index >= 15 is 0 Å². The van der Waals surface area contributed by atoms with Gasteiger partial charge in [0, 0.05) is 23.5 Å². The summed E-state index contributed by atoms with van der Waals surface area (Å²) < 4.78 is 0. The molecule has 1 aromatic heterocycles. The van der Waals surface area contributed by atoms with Gasteiger partial charge in [0.25, 0.3) is 0 Å². The fraction of sp³-hybridized carbons (Fsp3) is 0.692. The lowest BCUT2D eigenvalue weighted by molar-refractivity contribution is 0.145. The van der Waals surface area contributed by atoms with Gasteiger partial charge in [0.2, 0.25) is 0 Å². The Morgan fingerprint density at radius 3 is 3.06 bits per heavy atom. The van der Waals surface area contributed by atoms with Crippen LogP contribution in [0.1, 0.15) is 37.1 Å². The Hall–Kier alpha value is -0.380. The summed E-state index contributed by atoms with van der Waals surface area (Å²) in [6.07, 6.45) is 3.86. The normalized spacial score (nSPS) is 23.6. The monoisotopic (exact) mass is 238 g/mol. The Balaban J connectivity index is 2.02. The summed E-state index contributed by atoms with van der Waals surface area (Å²) in [5.41, 5.74) is 0. The Labute approximate surface area is 103 Å². The Morgan fingerprint density at radius 2 is 2.50 bits per heavy atom. The van der Waals surface area contributed by atoms with Gasteiger partial charge in [-0.25, -0.2) is 0 Å². The lowest BCUT2D eigenvalue weighted by Crippen LogP contribution is -2.45. The molecule has 2 unspecified atom stereocenters. The van der Waals surface area contributed by atoms with Gasteiger partial charge in [0.05, 0.1) is 0 Å². The van der Waals surface area contributed by atoms with Crippen molar-refractivity contribution >= 4 is 11.3 Å². The van der Waals surface area contributed by atoms with Crippen molar-refractivity contribution in [2.45, 2.75) is 38.3 Å². The fourth-order valence-corrected chi connectivity index (χ4v) is 3.57. The fourth-order valence-electron chi connectivity index (χ4n) is 2.61. The highest BCUT2D eigenvalue weighted by Gasteiger charge is 2.24. The third-order valence-corrected chi connectivity index (χ3v) is 4.57. The molecule has 1 fully saturated rings. The van der Waals surface area contributed by atoms with Gasteiger partial charge in [0.15, 0.2) is 0 Å². The van der Waals surface area contributed by atoms with Gasteiger partial charge in [-0.15, -0.1) is 11.3 Å². The zero-order chi connectivity index (χ0) is 11.4. The van der Waals surface area contributed by atoms with Gasteiger partial charge in [-0.2, -0.15) is 0 Å². The lowest BCUT2D eigenvalue weighted by atomic mass is 10.0. The van der Waals surface area contributed by atoms with Crippen LogP contribution < -0.4 is 5.32 Å². The average molecular weight is 238 g/mol. The van der Waals surface area contributed by atoms with Crippen LogP contribution in [0.4, 0.5) is 0 Å². The van der Waals surface area contributed by atoms with Crippen molar-refractivity contribution in [3.8, 4) is 0 Å². The van der Waals surface area contributed by atoms with E-state index in [1.54, 1.807) is 0 Å². The van der Waals surface area contributed by atoms with E-state index in [4.69, 9.17) is 0 Å². The summed E-state index contributed by atoms with van der Waals surface area (Å²) in [5.74, 6) is 0. The average Bonchev–Trinajstić information content (AvgIpc) is 2.85. The molecule has 0 bridgehead atoms. The van der Waals surface area contributed by atoms with Crippen molar-refractivity contribution in [2.75, 3.05) is 20.1 Å². The minimum Gasteiger partial charge on any atom is -0.315 e. The Bertz CT molecular complexity index is 291. The van der Waals surface area contributed by atoms with Gasteiger partial charge in [-0.3, -0.25) is 4.90 Å². The van der Waals surface area contributed by atoms with Gasteiger partial charge < -0.3 is 5.32 Å². The molecule has 2 nitrogen and oxygen atoms in total. The summed E-state index contributed by atoms with van der Waals surface area (Å²) in [6, 6.07) is 5.74. The highest BCUT2D eigenvalue weighted by Crippen LogP contribution is 2.29. The maximum absolute atomic E-state index is 3.50. The molecule has 1 aromatic rings. The van der Waals surface area contributed by atoms with Crippen molar-refractivity contribution in [1.29, 1.82) is 0 Å². The predicted molar refractivity (Wildman–Crippen MR) is 71.0 cm³/mol. The summed E-state index contributed by atoms with van der Waals surface area (Å²) in [6.45, 7) is 4.63. The van der Waals surface area contributed by atoms with Crippen molar-refractivity contribution in [3.63, 3.8) is 0 Å². The van der Waals surface area contributed by atoms with Crippen LogP contribution in [0.15, 0.2) is 17.5 Å². The van der Waals surface area contributed by atoms with Crippen molar-refractivity contribution in [2.24, 2.45) is 0 Å². The molecule has 16 heavy (non-hydrogen) atoms. The molecular weight excluding hydrogens is 216 g/mol. The maximum Gasteiger partial charge on any atom is 0.0439 e. The first-order chi connectivity index (χ1) is 7.83. The topological polar surface area (TPSA) is 15.3 Å². The number of hydrogen-bond donors (Lipinski definition) is 1. The van der Waals surface area contributed by atoms with E-state index in [1.807, 2.05) is 11.3 Å². The van der Waals surface area contributed by atoms with Crippen molar-refractivity contribution in [3.05, 3.63) is 22.4 Å². The maximum atomic E-state index is 3.50. The van der Waals surface area contributed by atoms with E-state index in [0.29, 0.717) is 12.1 Å². The third-order valence-electron chi connectivity index (χ3n) is 3.60. The minimum atomic E-state index is 0.602. The molecule has 1 saturated heterocycles. The zero-order valence-electron chi connectivity index (χ0n) is 10.3. The van der Waals surface area contributed by atoms with E-state index in [0.717, 1.165) is 6.54 Å². The summed E-state index contributed by atoms with van der Waals surface area (Å²) in [7, 11) is 2.28. The molecule has 0 aromatic carbocycles. The molecule has 0 aliphatic carbocycles. The highest BCUT2D eigenvalue weighted by atomic mass is 32.1. The molecule has 1 N–H and O–H groups in total. The minimum absolute atomic E-state index is 0.602. The number of rotatable bonds is 4. The summed E-state index contributed by atoms with van der Waals surface area (Å²) in [4.78, 5) is 4.08. The molecule has 3 heteroatoms. The number of nitrogens with zero attached hydrogens (tertiary/aromatic N) is 1. The van der Waals surface area contributed by atoms with Crippen LogP contribution in [0.3, 0.4) is 0 Å². The molecule has 1 aliphatic heterocycles.